The van der Waals surface area contributed by atoms with Gasteiger partial charge in [-0.2, -0.15) is 5.26 Å². The van der Waals surface area contributed by atoms with Gasteiger partial charge in [-0.15, -0.1) is 0 Å². The lowest BCUT2D eigenvalue weighted by atomic mass is 10.1. The number of hydrogen-bond acceptors (Lipinski definition) is 5. The fourth-order valence-electron chi connectivity index (χ4n) is 2.61. The molecule has 1 aliphatic heterocycles. The van der Waals surface area contributed by atoms with Crippen molar-refractivity contribution in [3.63, 3.8) is 0 Å². The average Bonchev–Trinajstić information content (AvgIpc) is 2.94. The Morgan fingerprint density at radius 1 is 1.15 bits per heavy atom. The molecule has 0 aliphatic carbocycles. The van der Waals surface area contributed by atoms with Crippen molar-refractivity contribution in [1.82, 2.24) is 0 Å². The van der Waals surface area contributed by atoms with Crippen LogP contribution in [0.2, 0.25) is 0 Å². The van der Waals surface area contributed by atoms with Crippen LogP contribution in [0, 0.1) is 11.3 Å². The fraction of sp³-hybridized carbons (Fsp3) is 0.100. The summed E-state index contributed by atoms with van der Waals surface area (Å²) in [7, 11) is 0.379. The summed E-state index contributed by atoms with van der Waals surface area (Å²) >= 11 is 0. The molecular formula is C20H17N3O3S. The summed E-state index contributed by atoms with van der Waals surface area (Å²) in [6.45, 7) is 0. The Balaban J connectivity index is 1.81. The number of amides is 1. The van der Waals surface area contributed by atoms with Crippen molar-refractivity contribution in [2.24, 2.45) is 0 Å². The molecule has 27 heavy (non-hydrogen) atoms. The Morgan fingerprint density at radius 2 is 1.85 bits per heavy atom. The second kappa shape index (κ2) is 7.09. The smallest absolute Gasteiger partial charge is 0.266 e. The molecule has 1 amide bonds. The number of fused-ring (bicyclic) bond motifs is 1. The Bertz CT molecular complexity index is 1110. The monoisotopic (exact) mass is 379 g/mol. The number of nitrogens with zero attached hydrogens (tertiary/aromatic N) is 2. The molecule has 0 spiro atoms. The first kappa shape index (κ1) is 18.4. The van der Waals surface area contributed by atoms with E-state index in [0.717, 1.165) is 11.1 Å². The maximum atomic E-state index is 12.4. The molecule has 0 saturated carbocycles. The SMILES string of the molecule is CN(C)c1ccc(C=C(C#N)C(=O)Nc2ccc3c(c2)S(=O)(=O)C=C3)cc1. The zero-order valence-corrected chi connectivity index (χ0v) is 15.6. The molecule has 0 unspecified atom stereocenters. The second-order valence-electron chi connectivity index (χ2n) is 6.21. The number of carbonyl (C=O) groups is 1. The van der Waals surface area contributed by atoms with Gasteiger partial charge in [0.2, 0.25) is 9.84 Å². The molecule has 1 heterocycles. The zero-order valence-electron chi connectivity index (χ0n) is 14.8. The van der Waals surface area contributed by atoms with Crippen LogP contribution in [0.3, 0.4) is 0 Å². The van der Waals surface area contributed by atoms with Gasteiger partial charge in [0.25, 0.3) is 5.91 Å². The maximum absolute atomic E-state index is 12.4. The summed E-state index contributed by atoms with van der Waals surface area (Å²) in [6, 6.07) is 13.9. The number of nitriles is 1. The number of nitrogens with one attached hydrogen (secondary N) is 1. The average molecular weight is 379 g/mol. The molecule has 0 radical (unpaired) electrons. The summed E-state index contributed by atoms with van der Waals surface area (Å²) in [4.78, 5) is 14.5. The van der Waals surface area contributed by atoms with Gasteiger partial charge in [0.15, 0.2) is 0 Å². The number of carbonyl (C=O) groups excluding carboxylic acids is 1. The molecule has 1 N–H and O–H groups in total. The summed E-state index contributed by atoms with van der Waals surface area (Å²) in [6.07, 6.45) is 2.99. The van der Waals surface area contributed by atoms with Gasteiger partial charge in [-0.25, -0.2) is 8.42 Å². The normalized spacial score (nSPS) is 14.3. The van der Waals surface area contributed by atoms with Crippen LogP contribution >= 0.6 is 0 Å². The van der Waals surface area contributed by atoms with Crippen LogP contribution in [0.15, 0.2) is 58.3 Å². The molecule has 0 atom stereocenters. The van der Waals surface area contributed by atoms with Crippen LogP contribution < -0.4 is 10.2 Å². The first-order valence-corrected chi connectivity index (χ1v) is 9.62. The Kier molecular flexibility index (Phi) is 4.84. The molecule has 2 aromatic rings. The minimum Gasteiger partial charge on any atom is -0.378 e. The van der Waals surface area contributed by atoms with Crippen LogP contribution in [0.25, 0.3) is 12.2 Å². The van der Waals surface area contributed by atoms with Crippen molar-refractivity contribution >= 4 is 39.3 Å². The van der Waals surface area contributed by atoms with E-state index >= 15 is 0 Å². The third-order valence-corrected chi connectivity index (χ3v) is 5.55. The van der Waals surface area contributed by atoms with Gasteiger partial charge in [-0.05, 0) is 47.5 Å². The molecule has 7 heteroatoms. The molecular weight excluding hydrogens is 362 g/mol. The third-order valence-electron chi connectivity index (χ3n) is 4.09. The number of anilines is 2. The quantitative estimate of drug-likeness (QED) is 0.651. The van der Waals surface area contributed by atoms with Crippen LogP contribution in [0.4, 0.5) is 11.4 Å². The lowest BCUT2D eigenvalue weighted by Gasteiger charge is -2.12. The maximum Gasteiger partial charge on any atom is 0.266 e. The highest BCUT2D eigenvalue weighted by atomic mass is 32.2. The topological polar surface area (TPSA) is 90.3 Å². The van der Waals surface area contributed by atoms with Crippen molar-refractivity contribution in [3.8, 4) is 6.07 Å². The van der Waals surface area contributed by atoms with Crippen LogP contribution in [0.1, 0.15) is 11.1 Å². The van der Waals surface area contributed by atoms with Gasteiger partial charge in [-0.3, -0.25) is 4.79 Å². The lowest BCUT2D eigenvalue weighted by molar-refractivity contribution is -0.112. The van der Waals surface area contributed by atoms with Crippen molar-refractivity contribution in [1.29, 1.82) is 5.26 Å². The lowest BCUT2D eigenvalue weighted by Crippen LogP contribution is -2.14. The molecule has 0 fully saturated rings. The Morgan fingerprint density at radius 3 is 2.48 bits per heavy atom. The summed E-state index contributed by atoms with van der Waals surface area (Å²) in [5.41, 5.74) is 2.53. The minimum absolute atomic E-state index is 0.0749. The van der Waals surface area contributed by atoms with Gasteiger partial charge < -0.3 is 10.2 Å². The van der Waals surface area contributed by atoms with Crippen molar-refractivity contribution in [3.05, 3.63) is 64.6 Å². The highest BCUT2D eigenvalue weighted by Crippen LogP contribution is 2.29. The predicted molar refractivity (Wildman–Crippen MR) is 106 cm³/mol. The van der Waals surface area contributed by atoms with Gasteiger partial charge in [0, 0.05) is 30.9 Å². The van der Waals surface area contributed by atoms with Gasteiger partial charge in [-0.1, -0.05) is 18.2 Å². The van der Waals surface area contributed by atoms with E-state index in [2.05, 4.69) is 5.32 Å². The van der Waals surface area contributed by atoms with E-state index in [9.17, 15) is 18.5 Å². The van der Waals surface area contributed by atoms with Crippen molar-refractivity contribution in [2.75, 3.05) is 24.3 Å². The molecule has 3 rings (SSSR count). The zero-order chi connectivity index (χ0) is 19.6. The van der Waals surface area contributed by atoms with Crippen molar-refractivity contribution in [2.45, 2.75) is 4.90 Å². The van der Waals surface area contributed by atoms with Crippen molar-refractivity contribution < 1.29 is 13.2 Å². The molecule has 0 saturated heterocycles. The van der Waals surface area contributed by atoms with Crippen LogP contribution in [-0.4, -0.2) is 28.4 Å². The highest BCUT2D eigenvalue weighted by molar-refractivity contribution is 7.94. The second-order valence-corrected chi connectivity index (χ2v) is 8.01. The Hall–Kier alpha value is -3.37. The van der Waals surface area contributed by atoms with Gasteiger partial charge in [0.05, 0.1) is 4.90 Å². The number of sulfone groups is 1. The van der Waals surface area contributed by atoms with Gasteiger partial charge >= 0.3 is 0 Å². The number of hydrogen-bond donors (Lipinski definition) is 1. The summed E-state index contributed by atoms with van der Waals surface area (Å²) in [5, 5.41) is 13.0. The standard InChI is InChI=1S/C20H17N3O3S/c1-23(2)18-7-3-14(4-8-18)11-16(13-21)20(24)22-17-6-5-15-9-10-27(25,26)19(15)12-17/h3-12H,1-2H3,(H,22,24). The van der Waals surface area contributed by atoms with E-state index in [1.807, 2.05) is 49.3 Å². The summed E-state index contributed by atoms with van der Waals surface area (Å²) in [5.74, 6) is -0.600. The summed E-state index contributed by atoms with van der Waals surface area (Å²) < 4.78 is 23.9. The van der Waals surface area contributed by atoms with E-state index in [0.29, 0.717) is 16.8 Å². The van der Waals surface area contributed by atoms with Crippen LogP contribution in [0.5, 0.6) is 0 Å². The largest absolute Gasteiger partial charge is 0.378 e. The number of rotatable bonds is 4. The molecule has 1 aliphatic rings. The van der Waals surface area contributed by atoms with E-state index in [4.69, 9.17) is 0 Å². The Labute approximate surface area is 158 Å². The van der Waals surface area contributed by atoms with Crippen LogP contribution in [-0.2, 0) is 14.6 Å². The van der Waals surface area contributed by atoms with E-state index in [1.54, 1.807) is 12.1 Å². The molecule has 0 bridgehead atoms. The molecule has 2 aromatic carbocycles. The van der Waals surface area contributed by atoms with E-state index in [-0.39, 0.29) is 10.5 Å². The first-order chi connectivity index (χ1) is 12.8. The molecule has 0 aromatic heterocycles. The number of benzene rings is 2. The fourth-order valence-corrected chi connectivity index (χ4v) is 3.84. The molecule has 136 valence electrons. The third kappa shape index (κ3) is 3.91. The van der Waals surface area contributed by atoms with Gasteiger partial charge in [0.1, 0.15) is 11.6 Å². The van der Waals surface area contributed by atoms with E-state index in [1.165, 1.54) is 18.2 Å². The molecule has 6 nitrogen and oxygen atoms in total. The highest BCUT2D eigenvalue weighted by Gasteiger charge is 2.21. The predicted octanol–water partition coefficient (Wildman–Crippen LogP) is 3.06. The van der Waals surface area contributed by atoms with E-state index < -0.39 is 15.7 Å². The minimum atomic E-state index is -3.46. The first-order valence-electron chi connectivity index (χ1n) is 8.08.